The summed E-state index contributed by atoms with van der Waals surface area (Å²) < 4.78 is 1.90. The van der Waals surface area contributed by atoms with Crippen LogP contribution in [0.2, 0.25) is 0 Å². The molecule has 2 aliphatic heterocycles. The van der Waals surface area contributed by atoms with Gasteiger partial charge in [-0.15, -0.1) is 11.8 Å². The molecule has 2 aliphatic rings. The van der Waals surface area contributed by atoms with Gasteiger partial charge >= 0.3 is 5.97 Å². The van der Waals surface area contributed by atoms with Crippen LogP contribution >= 0.6 is 11.8 Å². The summed E-state index contributed by atoms with van der Waals surface area (Å²) in [6.07, 6.45) is 0. The third-order valence-electron chi connectivity index (χ3n) is 4.43. The lowest BCUT2D eigenvalue weighted by atomic mass is 10.0. The monoisotopic (exact) mass is 344 g/mol. The molecule has 1 aromatic heterocycles. The van der Waals surface area contributed by atoms with Crippen molar-refractivity contribution in [2.75, 3.05) is 11.1 Å². The van der Waals surface area contributed by atoms with Gasteiger partial charge in [0.1, 0.15) is 17.1 Å². The molecular formula is C16H16N4O3S. The lowest BCUT2D eigenvalue weighted by Gasteiger charge is -2.49. The Hall–Kier alpha value is -2.48. The Morgan fingerprint density at radius 1 is 1.42 bits per heavy atom. The average molecular weight is 344 g/mol. The zero-order chi connectivity index (χ0) is 17.0. The molecule has 1 amide bonds. The number of aromatic nitrogens is 2. The van der Waals surface area contributed by atoms with E-state index in [0.29, 0.717) is 11.7 Å². The summed E-state index contributed by atoms with van der Waals surface area (Å²) in [5, 5.41) is 12.3. The number of benzene rings is 1. The maximum Gasteiger partial charge on any atom is 0.352 e. The zero-order valence-corrected chi connectivity index (χ0v) is 14.0. The molecule has 0 aliphatic carbocycles. The molecule has 2 N–H and O–H groups in total. The van der Waals surface area contributed by atoms with Gasteiger partial charge in [-0.25, -0.2) is 9.78 Å². The van der Waals surface area contributed by atoms with E-state index in [0.717, 1.165) is 16.6 Å². The van der Waals surface area contributed by atoms with Crippen LogP contribution in [0.25, 0.3) is 11.0 Å². The Morgan fingerprint density at radius 2 is 2.17 bits per heavy atom. The van der Waals surface area contributed by atoms with Gasteiger partial charge in [0, 0.05) is 12.8 Å². The van der Waals surface area contributed by atoms with Crippen LogP contribution < -0.4 is 5.32 Å². The van der Waals surface area contributed by atoms with E-state index in [-0.39, 0.29) is 17.0 Å². The van der Waals surface area contributed by atoms with Gasteiger partial charge in [0.25, 0.3) is 5.91 Å². The number of aryl methyl sites for hydroxylation is 1. The molecule has 0 saturated carbocycles. The van der Waals surface area contributed by atoms with Crippen LogP contribution in [0.4, 0.5) is 5.95 Å². The van der Waals surface area contributed by atoms with E-state index >= 15 is 0 Å². The summed E-state index contributed by atoms with van der Waals surface area (Å²) in [6, 6.07) is 7.27. The maximum atomic E-state index is 12.5. The highest BCUT2D eigenvalue weighted by Crippen LogP contribution is 2.41. The van der Waals surface area contributed by atoms with Gasteiger partial charge in [-0.1, -0.05) is 12.1 Å². The molecule has 1 aromatic carbocycles. The van der Waals surface area contributed by atoms with Crippen molar-refractivity contribution in [2.45, 2.75) is 18.3 Å². The number of carbonyl (C=O) groups excluding carboxylic acids is 1. The average Bonchev–Trinajstić information content (AvgIpc) is 2.88. The predicted molar refractivity (Wildman–Crippen MR) is 91.6 cm³/mol. The minimum atomic E-state index is -1.05. The number of carboxylic acid groups (broad SMARTS) is 1. The van der Waals surface area contributed by atoms with Crippen molar-refractivity contribution in [3.63, 3.8) is 0 Å². The largest absolute Gasteiger partial charge is 0.477 e. The third-order valence-corrected chi connectivity index (χ3v) is 5.86. The van der Waals surface area contributed by atoms with E-state index < -0.39 is 12.0 Å². The van der Waals surface area contributed by atoms with E-state index in [4.69, 9.17) is 0 Å². The molecule has 3 heterocycles. The van der Waals surface area contributed by atoms with E-state index in [1.807, 2.05) is 35.9 Å². The standard InChI is InChI=1S/C16H16N4O3S/c1-8-7-24-14-11(13(21)20(14)12(8)15(22)23)18-16-17-9-5-3-4-6-10(9)19(16)2/h3-6,11,14H,7H2,1-2H3,(H,17,18)(H,22,23)/t11?,14-/m0/s1. The van der Waals surface area contributed by atoms with E-state index in [2.05, 4.69) is 10.3 Å². The molecule has 8 heteroatoms. The molecule has 1 fully saturated rings. The smallest absolute Gasteiger partial charge is 0.352 e. The van der Waals surface area contributed by atoms with E-state index in [1.54, 1.807) is 18.7 Å². The number of hydrogen-bond donors (Lipinski definition) is 2. The van der Waals surface area contributed by atoms with Crippen LogP contribution in [0.5, 0.6) is 0 Å². The zero-order valence-electron chi connectivity index (χ0n) is 13.2. The molecule has 24 heavy (non-hydrogen) atoms. The van der Waals surface area contributed by atoms with Gasteiger partial charge in [-0.05, 0) is 24.6 Å². The Kier molecular flexibility index (Phi) is 3.31. The predicted octanol–water partition coefficient (Wildman–Crippen LogP) is 1.63. The summed E-state index contributed by atoms with van der Waals surface area (Å²) in [5.74, 6) is -0.0575. The lowest BCUT2D eigenvalue weighted by Crippen LogP contribution is -2.67. The van der Waals surface area contributed by atoms with Gasteiger partial charge in [0.05, 0.1) is 11.0 Å². The lowest BCUT2D eigenvalue weighted by molar-refractivity contribution is -0.147. The maximum absolute atomic E-state index is 12.5. The van der Waals surface area contributed by atoms with Crippen LogP contribution in [0.3, 0.4) is 0 Å². The number of rotatable bonds is 3. The molecule has 7 nitrogen and oxygen atoms in total. The summed E-state index contributed by atoms with van der Waals surface area (Å²) in [6.45, 7) is 1.76. The highest BCUT2D eigenvalue weighted by atomic mass is 32.2. The first kappa shape index (κ1) is 15.1. The molecule has 4 rings (SSSR count). The number of carboxylic acids is 1. The SMILES string of the molecule is CC1=C(C(=O)O)N2C(=O)C(Nc3nc4ccccc4n3C)[C@@H]2SC1. The molecular weight excluding hydrogens is 328 g/mol. The Morgan fingerprint density at radius 3 is 2.88 bits per heavy atom. The number of thioether (sulfide) groups is 1. The normalized spacial score (nSPS) is 23.2. The number of imidazole rings is 1. The fraction of sp³-hybridized carbons (Fsp3) is 0.312. The van der Waals surface area contributed by atoms with Gasteiger partial charge in [-0.2, -0.15) is 0 Å². The van der Waals surface area contributed by atoms with Crippen LogP contribution in [-0.4, -0.2) is 48.6 Å². The van der Waals surface area contributed by atoms with Crippen molar-refractivity contribution >= 4 is 40.6 Å². The number of amides is 1. The van der Waals surface area contributed by atoms with Crippen molar-refractivity contribution in [1.82, 2.24) is 14.5 Å². The number of anilines is 1. The molecule has 0 radical (unpaired) electrons. The van der Waals surface area contributed by atoms with Crippen LogP contribution in [0.15, 0.2) is 35.5 Å². The highest BCUT2D eigenvalue weighted by molar-refractivity contribution is 8.00. The molecule has 0 spiro atoms. The van der Waals surface area contributed by atoms with Crippen molar-refractivity contribution in [1.29, 1.82) is 0 Å². The number of aliphatic carboxylic acids is 1. The first-order chi connectivity index (χ1) is 11.5. The Labute approximate surface area is 142 Å². The van der Waals surface area contributed by atoms with Gasteiger partial charge in [0.15, 0.2) is 0 Å². The number of nitrogens with one attached hydrogen (secondary N) is 1. The Balaban J connectivity index is 1.62. The summed E-state index contributed by atoms with van der Waals surface area (Å²) in [5.41, 5.74) is 2.66. The number of hydrogen-bond acceptors (Lipinski definition) is 5. The van der Waals surface area contributed by atoms with Crippen LogP contribution in [-0.2, 0) is 16.6 Å². The van der Waals surface area contributed by atoms with Crippen molar-refractivity contribution < 1.29 is 14.7 Å². The van der Waals surface area contributed by atoms with Crippen molar-refractivity contribution in [3.8, 4) is 0 Å². The second kappa shape index (κ2) is 5.27. The van der Waals surface area contributed by atoms with Gasteiger partial charge < -0.3 is 15.0 Å². The minimum Gasteiger partial charge on any atom is -0.477 e. The summed E-state index contributed by atoms with van der Waals surface area (Å²) in [7, 11) is 1.89. The van der Waals surface area contributed by atoms with Crippen LogP contribution in [0.1, 0.15) is 6.92 Å². The number of para-hydroxylation sites is 2. The van der Waals surface area contributed by atoms with E-state index in [1.165, 1.54) is 4.90 Å². The minimum absolute atomic E-state index is 0.117. The Bertz CT molecular complexity index is 904. The van der Waals surface area contributed by atoms with E-state index in [9.17, 15) is 14.7 Å². The topological polar surface area (TPSA) is 87.5 Å². The number of fused-ring (bicyclic) bond motifs is 2. The van der Waals surface area contributed by atoms with Crippen LogP contribution in [0, 0.1) is 0 Å². The molecule has 0 bridgehead atoms. The molecule has 2 aromatic rings. The molecule has 124 valence electrons. The molecule has 1 saturated heterocycles. The molecule has 2 atom stereocenters. The van der Waals surface area contributed by atoms with Gasteiger partial charge in [-0.3, -0.25) is 9.69 Å². The number of β-lactam (4-membered cyclic amide) rings is 1. The van der Waals surface area contributed by atoms with Crippen molar-refractivity contribution in [2.24, 2.45) is 7.05 Å². The summed E-state index contributed by atoms with van der Waals surface area (Å²) >= 11 is 1.57. The fourth-order valence-corrected chi connectivity index (χ4v) is 4.48. The highest BCUT2D eigenvalue weighted by Gasteiger charge is 2.53. The quantitative estimate of drug-likeness (QED) is 0.823. The fourth-order valence-electron chi connectivity index (χ4n) is 3.19. The van der Waals surface area contributed by atoms with Crippen molar-refractivity contribution in [3.05, 3.63) is 35.5 Å². The first-order valence-electron chi connectivity index (χ1n) is 7.54. The van der Waals surface area contributed by atoms with Gasteiger partial charge in [0.2, 0.25) is 5.95 Å². The third kappa shape index (κ3) is 2.02. The second-order valence-electron chi connectivity index (χ2n) is 5.95. The summed E-state index contributed by atoms with van der Waals surface area (Å²) in [4.78, 5) is 29.8. The second-order valence-corrected chi connectivity index (χ2v) is 7.05. The number of nitrogens with zero attached hydrogens (tertiary/aromatic N) is 3. The number of carbonyl (C=O) groups is 2. The first-order valence-corrected chi connectivity index (χ1v) is 8.59. The molecule has 1 unspecified atom stereocenters.